The summed E-state index contributed by atoms with van der Waals surface area (Å²) in [7, 11) is 4.15. The van der Waals surface area contributed by atoms with E-state index in [0.717, 1.165) is 0 Å². The fourth-order valence-corrected chi connectivity index (χ4v) is 3.79. The van der Waals surface area contributed by atoms with Crippen molar-refractivity contribution in [3.8, 4) is 0 Å². The standard InChI is InChI=1S/C23H22N2/c1-15-21-13-17(24)9-11-19(21)23(16-7-5-4-6-8-16)20-12-10-18(25(2)3)14-22(15)20/h4-15,24H,1-3H3. The molecule has 2 aliphatic carbocycles. The van der Waals surface area contributed by atoms with Crippen LogP contribution in [0.4, 0.5) is 5.69 Å². The molecule has 2 heteroatoms. The second-order valence-electron chi connectivity index (χ2n) is 6.93. The van der Waals surface area contributed by atoms with E-state index in [1.165, 1.54) is 39.1 Å². The minimum absolute atomic E-state index is 0.280. The molecule has 0 heterocycles. The van der Waals surface area contributed by atoms with Crippen molar-refractivity contribution in [3.63, 3.8) is 0 Å². The lowest BCUT2D eigenvalue weighted by atomic mass is 9.72. The third-order valence-electron chi connectivity index (χ3n) is 5.14. The van der Waals surface area contributed by atoms with Crippen LogP contribution in [0.5, 0.6) is 0 Å². The predicted molar refractivity (Wildman–Crippen MR) is 107 cm³/mol. The Morgan fingerprint density at radius 1 is 0.960 bits per heavy atom. The van der Waals surface area contributed by atoms with E-state index < -0.39 is 0 Å². The molecule has 25 heavy (non-hydrogen) atoms. The summed E-state index contributed by atoms with van der Waals surface area (Å²) < 4.78 is 0. The van der Waals surface area contributed by atoms with E-state index in [0.29, 0.717) is 5.71 Å². The van der Waals surface area contributed by atoms with Gasteiger partial charge in [0, 0.05) is 25.7 Å². The number of fused-ring (bicyclic) bond motifs is 2. The third-order valence-corrected chi connectivity index (χ3v) is 5.14. The van der Waals surface area contributed by atoms with Crippen molar-refractivity contribution in [2.45, 2.75) is 12.8 Å². The van der Waals surface area contributed by atoms with E-state index in [1.54, 1.807) is 0 Å². The molecule has 0 aromatic heterocycles. The van der Waals surface area contributed by atoms with E-state index in [9.17, 15) is 0 Å². The number of benzene rings is 2. The number of anilines is 1. The molecule has 0 aliphatic heterocycles. The van der Waals surface area contributed by atoms with E-state index in [-0.39, 0.29) is 5.92 Å². The minimum Gasteiger partial charge on any atom is -0.378 e. The molecule has 4 rings (SSSR count). The van der Waals surface area contributed by atoms with E-state index in [1.807, 2.05) is 12.2 Å². The highest BCUT2D eigenvalue weighted by Crippen LogP contribution is 2.47. The van der Waals surface area contributed by atoms with Crippen molar-refractivity contribution in [1.82, 2.24) is 0 Å². The molecular weight excluding hydrogens is 304 g/mol. The highest BCUT2D eigenvalue weighted by atomic mass is 15.1. The topological polar surface area (TPSA) is 27.1 Å². The lowest BCUT2D eigenvalue weighted by Crippen LogP contribution is -2.17. The van der Waals surface area contributed by atoms with Gasteiger partial charge in [0.15, 0.2) is 0 Å². The van der Waals surface area contributed by atoms with Crippen LogP contribution in [0.15, 0.2) is 77.9 Å². The second-order valence-corrected chi connectivity index (χ2v) is 6.93. The first-order valence-electron chi connectivity index (χ1n) is 8.66. The summed E-state index contributed by atoms with van der Waals surface area (Å²) in [5.41, 5.74) is 9.42. The molecule has 0 bridgehead atoms. The maximum atomic E-state index is 8.07. The highest BCUT2D eigenvalue weighted by Gasteiger charge is 2.29. The van der Waals surface area contributed by atoms with Crippen LogP contribution in [0.2, 0.25) is 0 Å². The quantitative estimate of drug-likeness (QED) is 0.808. The summed E-state index contributed by atoms with van der Waals surface area (Å²) in [4.78, 5) is 2.14. The smallest absolute Gasteiger partial charge is 0.0543 e. The molecule has 0 spiro atoms. The number of nitrogens with one attached hydrogen (secondary N) is 1. The first-order chi connectivity index (χ1) is 12.1. The molecule has 2 aromatic carbocycles. The Morgan fingerprint density at radius 3 is 2.44 bits per heavy atom. The summed E-state index contributed by atoms with van der Waals surface area (Å²) in [6.07, 6.45) is 6.03. The molecular formula is C23H22N2. The molecule has 1 atom stereocenters. The number of hydrogen-bond donors (Lipinski definition) is 1. The molecule has 0 fully saturated rings. The maximum Gasteiger partial charge on any atom is 0.0543 e. The lowest BCUT2D eigenvalue weighted by molar-refractivity contribution is 0.891. The zero-order valence-corrected chi connectivity index (χ0v) is 14.9. The normalized spacial score (nSPS) is 18.6. The molecule has 2 nitrogen and oxygen atoms in total. The van der Waals surface area contributed by atoms with Crippen LogP contribution in [0.1, 0.15) is 29.5 Å². The van der Waals surface area contributed by atoms with Crippen LogP contribution in [0.3, 0.4) is 0 Å². The molecule has 0 saturated heterocycles. The van der Waals surface area contributed by atoms with Crippen LogP contribution < -0.4 is 4.90 Å². The van der Waals surface area contributed by atoms with E-state index in [2.05, 4.69) is 80.5 Å². The van der Waals surface area contributed by atoms with Crippen molar-refractivity contribution >= 4 is 17.0 Å². The van der Waals surface area contributed by atoms with Crippen molar-refractivity contribution in [2.75, 3.05) is 19.0 Å². The highest BCUT2D eigenvalue weighted by molar-refractivity contribution is 6.07. The van der Waals surface area contributed by atoms with Gasteiger partial charge in [-0.05, 0) is 57.7 Å². The third kappa shape index (κ3) is 2.54. The van der Waals surface area contributed by atoms with Gasteiger partial charge in [-0.2, -0.15) is 0 Å². The molecule has 0 saturated carbocycles. The second kappa shape index (κ2) is 5.89. The van der Waals surface area contributed by atoms with Crippen molar-refractivity contribution in [2.24, 2.45) is 0 Å². The first-order valence-corrected chi connectivity index (χ1v) is 8.66. The first kappa shape index (κ1) is 15.6. The van der Waals surface area contributed by atoms with Crippen LogP contribution >= 0.6 is 0 Å². The Balaban J connectivity index is 2.03. The van der Waals surface area contributed by atoms with Gasteiger partial charge in [0.1, 0.15) is 0 Å². The molecule has 1 unspecified atom stereocenters. The molecule has 124 valence electrons. The number of hydrogen-bond acceptors (Lipinski definition) is 2. The largest absolute Gasteiger partial charge is 0.378 e. The summed E-state index contributed by atoms with van der Waals surface area (Å²) in [6.45, 7) is 2.25. The molecule has 0 amide bonds. The van der Waals surface area contributed by atoms with Crippen molar-refractivity contribution in [3.05, 3.63) is 94.6 Å². The summed E-state index contributed by atoms with van der Waals surface area (Å²) >= 11 is 0. The minimum atomic E-state index is 0.280. The Hall–Kier alpha value is -2.87. The van der Waals surface area contributed by atoms with Gasteiger partial charge in [-0.1, -0.05) is 49.4 Å². The summed E-state index contributed by atoms with van der Waals surface area (Å²) in [5.74, 6) is 0.280. The lowest BCUT2D eigenvalue weighted by Gasteiger charge is -2.32. The Morgan fingerprint density at radius 2 is 1.72 bits per heavy atom. The Kier molecular flexibility index (Phi) is 3.69. The van der Waals surface area contributed by atoms with Crippen molar-refractivity contribution < 1.29 is 0 Å². The summed E-state index contributed by atoms with van der Waals surface area (Å²) in [5, 5.41) is 8.07. The molecule has 0 radical (unpaired) electrons. The van der Waals surface area contributed by atoms with Crippen molar-refractivity contribution in [1.29, 1.82) is 5.41 Å². The average Bonchev–Trinajstić information content (AvgIpc) is 2.63. The fraction of sp³-hybridized carbons (Fsp3) is 0.174. The van der Waals surface area contributed by atoms with Crippen LogP contribution in [-0.2, 0) is 0 Å². The van der Waals surface area contributed by atoms with E-state index in [4.69, 9.17) is 5.41 Å². The van der Waals surface area contributed by atoms with Gasteiger partial charge in [-0.3, -0.25) is 0 Å². The molecule has 1 N–H and O–H groups in total. The number of nitrogens with zero attached hydrogens (tertiary/aromatic N) is 1. The van der Waals surface area contributed by atoms with Crippen LogP contribution in [0.25, 0.3) is 5.57 Å². The maximum absolute atomic E-state index is 8.07. The predicted octanol–water partition coefficient (Wildman–Crippen LogP) is 5.19. The van der Waals surface area contributed by atoms with Gasteiger partial charge in [0.25, 0.3) is 0 Å². The summed E-state index contributed by atoms with van der Waals surface area (Å²) in [6, 6.07) is 17.3. The molecule has 2 aromatic rings. The fourth-order valence-electron chi connectivity index (χ4n) is 3.79. The van der Waals surface area contributed by atoms with Gasteiger partial charge >= 0.3 is 0 Å². The monoisotopic (exact) mass is 326 g/mol. The average molecular weight is 326 g/mol. The van der Waals surface area contributed by atoms with Gasteiger partial charge < -0.3 is 10.3 Å². The van der Waals surface area contributed by atoms with Gasteiger partial charge in [-0.25, -0.2) is 0 Å². The van der Waals surface area contributed by atoms with Gasteiger partial charge in [0.05, 0.1) is 5.71 Å². The SMILES string of the molecule is CC1C2=CC(=N)C=CC2=C(c2ccccc2)c2ccc(N(C)C)cc21. The van der Waals surface area contributed by atoms with Crippen LogP contribution in [-0.4, -0.2) is 19.8 Å². The van der Waals surface area contributed by atoms with Gasteiger partial charge in [0.2, 0.25) is 0 Å². The number of allylic oxidation sites excluding steroid dienone is 5. The zero-order valence-electron chi connectivity index (χ0n) is 14.9. The Labute approximate surface area is 149 Å². The number of rotatable bonds is 2. The van der Waals surface area contributed by atoms with Gasteiger partial charge in [-0.15, -0.1) is 0 Å². The molecule has 2 aliphatic rings. The zero-order chi connectivity index (χ0) is 17.6. The van der Waals surface area contributed by atoms with E-state index >= 15 is 0 Å². The Bertz CT molecular complexity index is 943. The van der Waals surface area contributed by atoms with Crippen LogP contribution in [0, 0.1) is 5.41 Å².